The SMILES string of the molecule is Cc1nc2ccc(NC(=O)C3CCCC3O)cc2o1. The molecule has 2 aromatic rings. The van der Waals surface area contributed by atoms with Crippen LogP contribution >= 0.6 is 0 Å². The lowest BCUT2D eigenvalue weighted by Crippen LogP contribution is -2.28. The van der Waals surface area contributed by atoms with Crippen molar-refractivity contribution in [3.63, 3.8) is 0 Å². The zero-order valence-corrected chi connectivity index (χ0v) is 10.7. The van der Waals surface area contributed by atoms with Gasteiger partial charge in [-0.05, 0) is 31.4 Å². The van der Waals surface area contributed by atoms with Crippen molar-refractivity contribution >= 4 is 22.7 Å². The number of carbonyl (C=O) groups is 1. The average molecular weight is 260 g/mol. The lowest BCUT2D eigenvalue weighted by atomic mass is 10.1. The van der Waals surface area contributed by atoms with E-state index in [0.29, 0.717) is 23.6 Å². The minimum Gasteiger partial charge on any atom is -0.441 e. The molecule has 0 aliphatic heterocycles. The monoisotopic (exact) mass is 260 g/mol. The molecule has 2 unspecified atom stereocenters. The predicted octanol–water partition coefficient (Wildman–Crippen LogP) is 2.24. The lowest BCUT2D eigenvalue weighted by Gasteiger charge is -2.14. The molecule has 0 spiro atoms. The topological polar surface area (TPSA) is 75.4 Å². The third-order valence-electron chi connectivity index (χ3n) is 3.58. The molecule has 0 bridgehead atoms. The van der Waals surface area contributed by atoms with Crippen molar-refractivity contribution in [1.29, 1.82) is 0 Å². The van der Waals surface area contributed by atoms with Gasteiger partial charge in [-0.25, -0.2) is 4.98 Å². The van der Waals surface area contributed by atoms with Gasteiger partial charge in [0, 0.05) is 18.7 Å². The van der Waals surface area contributed by atoms with Gasteiger partial charge < -0.3 is 14.8 Å². The fourth-order valence-corrected chi connectivity index (χ4v) is 2.60. The summed E-state index contributed by atoms with van der Waals surface area (Å²) in [7, 11) is 0. The normalized spacial score (nSPS) is 22.8. The minimum absolute atomic E-state index is 0.124. The first-order valence-corrected chi connectivity index (χ1v) is 6.49. The van der Waals surface area contributed by atoms with E-state index in [1.54, 1.807) is 19.1 Å². The van der Waals surface area contributed by atoms with Gasteiger partial charge in [0.25, 0.3) is 0 Å². The number of aliphatic hydroxyl groups is 1. The first-order chi connectivity index (χ1) is 9.13. The van der Waals surface area contributed by atoms with Gasteiger partial charge in [0.15, 0.2) is 11.5 Å². The molecule has 5 nitrogen and oxygen atoms in total. The van der Waals surface area contributed by atoms with Crippen molar-refractivity contribution in [3.8, 4) is 0 Å². The highest BCUT2D eigenvalue weighted by atomic mass is 16.3. The van der Waals surface area contributed by atoms with Crippen molar-refractivity contribution in [2.45, 2.75) is 32.3 Å². The summed E-state index contributed by atoms with van der Waals surface area (Å²) in [5, 5.41) is 12.6. The van der Waals surface area contributed by atoms with E-state index < -0.39 is 6.10 Å². The Labute approximate surface area is 110 Å². The van der Waals surface area contributed by atoms with E-state index in [0.717, 1.165) is 18.4 Å². The number of fused-ring (bicyclic) bond motifs is 1. The molecule has 1 fully saturated rings. The highest BCUT2D eigenvalue weighted by molar-refractivity contribution is 5.94. The number of carbonyl (C=O) groups excluding carboxylic acids is 1. The van der Waals surface area contributed by atoms with E-state index in [1.807, 2.05) is 6.07 Å². The van der Waals surface area contributed by atoms with Crippen LogP contribution in [0.4, 0.5) is 5.69 Å². The molecule has 0 saturated heterocycles. The zero-order chi connectivity index (χ0) is 13.4. The van der Waals surface area contributed by atoms with Gasteiger partial charge >= 0.3 is 0 Å². The van der Waals surface area contributed by atoms with Gasteiger partial charge in [-0.2, -0.15) is 0 Å². The summed E-state index contributed by atoms with van der Waals surface area (Å²) in [5.74, 6) is 0.178. The summed E-state index contributed by atoms with van der Waals surface area (Å²) in [5.41, 5.74) is 2.10. The van der Waals surface area contributed by atoms with Crippen molar-refractivity contribution in [2.75, 3.05) is 5.32 Å². The van der Waals surface area contributed by atoms with Crippen LogP contribution in [0.15, 0.2) is 22.6 Å². The summed E-state index contributed by atoms with van der Waals surface area (Å²) in [4.78, 5) is 16.3. The second-order valence-electron chi connectivity index (χ2n) is 5.01. The zero-order valence-electron chi connectivity index (χ0n) is 10.7. The molecule has 1 aromatic carbocycles. The summed E-state index contributed by atoms with van der Waals surface area (Å²) in [6.07, 6.45) is 1.84. The number of nitrogens with zero attached hydrogens (tertiary/aromatic N) is 1. The van der Waals surface area contributed by atoms with Gasteiger partial charge in [-0.3, -0.25) is 4.79 Å². The van der Waals surface area contributed by atoms with Crippen LogP contribution in [0.3, 0.4) is 0 Å². The fraction of sp³-hybridized carbons (Fsp3) is 0.429. The molecule has 100 valence electrons. The van der Waals surface area contributed by atoms with E-state index in [4.69, 9.17) is 4.42 Å². The Hall–Kier alpha value is -1.88. The van der Waals surface area contributed by atoms with Gasteiger partial charge in [0.05, 0.1) is 12.0 Å². The Morgan fingerprint density at radius 1 is 1.47 bits per heavy atom. The van der Waals surface area contributed by atoms with Crippen molar-refractivity contribution in [2.24, 2.45) is 5.92 Å². The Kier molecular flexibility index (Phi) is 2.98. The number of aromatic nitrogens is 1. The fourth-order valence-electron chi connectivity index (χ4n) is 2.60. The van der Waals surface area contributed by atoms with E-state index in [2.05, 4.69) is 10.3 Å². The molecular formula is C14H16N2O3. The molecule has 1 saturated carbocycles. The summed E-state index contributed by atoms with van der Waals surface area (Å²) < 4.78 is 5.42. The van der Waals surface area contributed by atoms with E-state index in [1.165, 1.54) is 0 Å². The van der Waals surface area contributed by atoms with Crippen molar-refractivity contribution < 1.29 is 14.3 Å². The molecule has 1 aliphatic rings. The quantitative estimate of drug-likeness (QED) is 0.868. The second-order valence-corrected chi connectivity index (χ2v) is 5.01. The predicted molar refractivity (Wildman–Crippen MR) is 70.7 cm³/mol. The lowest BCUT2D eigenvalue weighted by molar-refractivity contribution is -0.122. The molecule has 19 heavy (non-hydrogen) atoms. The Balaban J connectivity index is 1.79. The van der Waals surface area contributed by atoms with Crippen LogP contribution in [0, 0.1) is 12.8 Å². The highest BCUT2D eigenvalue weighted by Crippen LogP contribution is 2.27. The van der Waals surface area contributed by atoms with Gasteiger partial charge in [0.1, 0.15) is 5.52 Å². The number of benzene rings is 1. The molecule has 0 radical (unpaired) electrons. The number of anilines is 1. The van der Waals surface area contributed by atoms with Gasteiger partial charge in [-0.1, -0.05) is 0 Å². The molecule has 1 aliphatic carbocycles. The Morgan fingerprint density at radius 3 is 3.05 bits per heavy atom. The summed E-state index contributed by atoms with van der Waals surface area (Å²) in [6, 6.07) is 5.37. The molecule has 2 N–H and O–H groups in total. The number of amides is 1. The van der Waals surface area contributed by atoms with Crippen LogP contribution in [0.1, 0.15) is 25.2 Å². The molecule has 1 aromatic heterocycles. The Bertz CT molecular complexity index is 620. The van der Waals surface area contributed by atoms with Crippen molar-refractivity contribution in [1.82, 2.24) is 4.98 Å². The van der Waals surface area contributed by atoms with Gasteiger partial charge in [-0.15, -0.1) is 0 Å². The van der Waals surface area contributed by atoms with E-state index in [-0.39, 0.29) is 11.8 Å². The highest BCUT2D eigenvalue weighted by Gasteiger charge is 2.31. The molecular weight excluding hydrogens is 244 g/mol. The number of oxazole rings is 1. The van der Waals surface area contributed by atoms with Crippen molar-refractivity contribution in [3.05, 3.63) is 24.1 Å². The number of aryl methyl sites for hydroxylation is 1. The number of hydrogen-bond donors (Lipinski definition) is 2. The van der Waals surface area contributed by atoms with Crippen LogP contribution < -0.4 is 5.32 Å². The van der Waals surface area contributed by atoms with Crippen LogP contribution in [0.2, 0.25) is 0 Å². The first-order valence-electron chi connectivity index (χ1n) is 6.49. The number of nitrogens with one attached hydrogen (secondary N) is 1. The van der Waals surface area contributed by atoms with E-state index >= 15 is 0 Å². The second kappa shape index (κ2) is 4.66. The van der Waals surface area contributed by atoms with Gasteiger partial charge in [0.2, 0.25) is 5.91 Å². The number of rotatable bonds is 2. The maximum absolute atomic E-state index is 12.0. The third kappa shape index (κ3) is 2.33. The average Bonchev–Trinajstić information content (AvgIpc) is 2.93. The molecule has 1 heterocycles. The van der Waals surface area contributed by atoms with Crippen LogP contribution in [0.5, 0.6) is 0 Å². The van der Waals surface area contributed by atoms with Crippen LogP contribution in [-0.4, -0.2) is 22.1 Å². The summed E-state index contributed by atoms with van der Waals surface area (Å²) >= 11 is 0. The molecule has 1 amide bonds. The third-order valence-corrected chi connectivity index (χ3v) is 3.58. The molecule has 5 heteroatoms. The smallest absolute Gasteiger partial charge is 0.230 e. The van der Waals surface area contributed by atoms with Crippen LogP contribution in [0.25, 0.3) is 11.1 Å². The number of hydrogen-bond acceptors (Lipinski definition) is 4. The largest absolute Gasteiger partial charge is 0.441 e. The maximum Gasteiger partial charge on any atom is 0.230 e. The first kappa shape index (κ1) is 12.2. The summed E-state index contributed by atoms with van der Waals surface area (Å²) in [6.45, 7) is 1.78. The number of aliphatic hydroxyl groups excluding tert-OH is 1. The molecule has 3 rings (SSSR count). The molecule has 2 atom stereocenters. The van der Waals surface area contributed by atoms with Crippen LogP contribution in [-0.2, 0) is 4.79 Å². The Morgan fingerprint density at radius 2 is 2.32 bits per heavy atom. The van der Waals surface area contributed by atoms with E-state index in [9.17, 15) is 9.90 Å². The standard InChI is InChI=1S/C14H16N2O3/c1-8-15-11-6-5-9(7-13(11)19-8)16-14(18)10-3-2-4-12(10)17/h5-7,10,12,17H,2-4H2,1H3,(H,16,18). The maximum atomic E-state index is 12.0. The minimum atomic E-state index is -0.517.